The third kappa shape index (κ3) is 6.53. The molecule has 2 aliphatic heterocycles. The van der Waals surface area contributed by atoms with Gasteiger partial charge in [-0.1, -0.05) is 194 Å². The first-order valence-electron chi connectivity index (χ1n) is 24.1. The number of anilines is 6. The fourth-order valence-corrected chi connectivity index (χ4v) is 11.3. The molecule has 12 aromatic rings. The molecule has 0 saturated carbocycles. The van der Waals surface area contributed by atoms with Crippen molar-refractivity contribution in [3.63, 3.8) is 0 Å². The smallest absolute Gasteiger partial charge is 0.252 e. The Morgan fingerprint density at radius 2 is 0.686 bits per heavy atom. The molecule has 0 spiro atoms. The first-order chi connectivity index (χ1) is 34.7. The van der Waals surface area contributed by atoms with Gasteiger partial charge in [0.05, 0.1) is 0 Å². The number of benzene rings is 11. The standard InChI is InChI=1S/C66H43BN2O/c1-5-20-44(21-6-1)48-36-49(45-22-7-2-8-23-45)39-53(38-48)68-60-33-16-14-31-58(60)67-59-32-15-17-34-61(59)69(54-40-50(46-24-9-3-10-25-46)37-51(41-54)47-26-11-4-12-27-47)63-43-52(42-62(68)65(63)67)55-29-19-30-57-56-28-13-18-35-64(56)70-66(55)57/h1-43H. The van der Waals surface area contributed by atoms with Crippen LogP contribution in [0.2, 0.25) is 0 Å². The molecule has 2 aliphatic rings. The van der Waals surface area contributed by atoms with E-state index in [1.165, 1.54) is 38.6 Å². The molecule has 0 N–H and O–H groups in total. The van der Waals surface area contributed by atoms with Gasteiger partial charge in [0.2, 0.25) is 0 Å². The Morgan fingerprint density at radius 1 is 0.286 bits per heavy atom. The van der Waals surface area contributed by atoms with E-state index in [4.69, 9.17) is 4.42 Å². The Hall–Kier alpha value is -9.12. The Balaban J connectivity index is 1.10. The summed E-state index contributed by atoms with van der Waals surface area (Å²) in [5, 5.41) is 2.22. The molecular formula is C66H43BN2O. The number of hydrogen-bond donors (Lipinski definition) is 0. The zero-order valence-corrected chi connectivity index (χ0v) is 38.2. The highest BCUT2D eigenvalue weighted by Gasteiger charge is 2.43. The maximum atomic E-state index is 6.86. The van der Waals surface area contributed by atoms with E-state index in [2.05, 4.69) is 271 Å². The third-order valence-electron chi connectivity index (χ3n) is 14.4. The van der Waals surface area contributed by atoms with Crippen LogP contribution in [0, 0.1) is 0 Å². The molecule has 14 rings (SSSR count). The maximum Gasteiger partial charge on any atom is 0.252 e. The molecule has 0 saturated heterocycles. The summed E-state index contributed by atoms with van der Waals surface area (Å²) < 4.78 is 6.86. The van der Waals surface area contributed by atoms with Gasteiger partial charge in [-0.15, -0.1) is 0 Å². The lowest BCUT2D eigenvalue weighted by Crippen LogP contribution is -2.61. The summed E-state index contributed by atoms with van der Waals surface area (Å²) in [6, 6.07) is 95.3. The highest BCUT2D eigenvalue weighted by Crippen LogP contribution is 2.49. The predicted octanol–water partition coefficient (Wildman–Crippen LogP) is 16.0. The van der Waals surface area contributed by atoms with Crippen LogP contribution in [0.5, 0.6) is 0 Å². The van der Waals surface area contributed by atoms with Crippen molar-refractivity contribution in [2.24, 2.45) is 0 Å². The second kappa shape index (κ2) is 16.3. The largest absolute Gasteiger partial charge is 0.455 e. The van der Waals surface area contributed by atoms with E-state index in [0.29, 0.717) is 0 Å². The number of nitrogens with zero attached hydrogens (tertiary/aromatic N) is 2. The van der Waals surface area contributed by atoms with Crippen molar-refractivity contribution in [1.29, 1.82) is 0 Å². The van der Waals surface area contributed by atoms with Crippen LogP contribution in [-0.4, -0.2) is 6.71 Å². The summed E-state index contributed by atoms with van der Waals surface area (Å²) >= 11 is 0. The lowest BCUT2D eigenvalue weighted by molar-refractivity contribution is 0.670. The van der Waals surface area contributed by atoms with Crippen molar-refractivity contribution in [1.82, 2.24) is 0 Å². The Kier molecular flexibility index (Phi) is 9.31. The topological polar surface area (TPSA) is 19.6 Å². The number of hydrogen-bond acceptors (Lipinski definition) is 3. The zero-order chi connectivity index (χ0) is 46.1. The van der Waals surface area contributed by atoms with Gasteiger partial charge in [-0.25, -0.2) is 0 Å². The van der Waals surface area contributed by atoms with Crippen molar-refractivity contribution >= 4 is 79.2 Å². The van der Waals surface area contributed by atoms with Crippen LogP contribution >= 0.6 is 0 Å². The predicted molar refractivity (Wildman–Crippen MR) is 295 cm³/mol. The Bertz CT molecular complexity index is 3650. The summed E-state index contributed by atoms with van der Waals surface area (Å²) in [7, 11) is 0. The third-order valence-corrected chi connectivity index (χ3v) is 14.4. The Labute approximate surface area is 407 Å². The first kappa shape index (κ1) is 40.0. The van der Waals surface area contributed by atoms with Crippen LogP contribution in [0.15, 0.2) is 265 Å². The van der Waals surface area contributed by atoms with Crippen LogP contribution in [-0.2, 0) is 0 Å². The van der Waals surface area contributed by atoms with E-state index < -0.39 is 0 Å². The summed E-state index contributed by atoms with van der Waals surface area (Å²) in [4.78, 5) is 5.07. The van der Waals surface area contributed by atoms with E-state index in [-0.39, 0.29) is 6.71 Å². The summed E-state index contributed by atoms with van der Waals surface area (Å²) in [6.45, 7) is -0.0438. The van der Waals surface area contributed by atoms with Crippen molar-refractivity contribution in [3.05, 3.63) is 261 Å². The first-order valence-corrected chi connectivity index (χ1v) is 24.1. The van der Waals surface area contributed by atoms with E-state index >= 15 is 0 Å². The molecule has 0 unspecified atom stereocenters. The second-order valence-electron chi connectivity index (χ2n) is 18.4. The molecule has 0 amide bonds. The molecule has 4 heteroatoms. The molecular weight excluding hydrogens is 848 g/mol. The molecule has 0 radical (unpaired) electrons. The van der Waals surface area contributed by atoms with Gasteiger partial charge in [0.15, 0.2) is 0 Å². The zero-order valence-electron chi connectivity index (χ0n) is 38.2. The minimum atomic E-state index is -0.0438. The number of furan rings is 1. The summed E-state index contributed by atoms with van der Waals surface area (Å²) in [6.07, 6.45) is 0. The highest BCUT2D eigenvalue weighted by atomic mass is 16.3. The van der Waals surface area contributed by atoms with Crippen LogP contribution < -0.4 is 26.2 Å². The number of fused-ring (bicyclic) bond motifs is 7. The highest BCUT2D eigenvalue weighted by molar-refractivity contribution is 7.00. The molecule has 70 heavy (non-hydrogen) atoms. The molecule has 3 nitrogen and oxygen atoms in total. The van der Waals surface area contributed by atoms with Gasteiger partial charge in [0, 0.05) is 50.5 Å². The molecule has 1 aromatic heterocycles. The molecule has 0 fully saturated rings. The fourth-order valence-electron chi connectivity index (χ4n) is 11.3. The van der Waals surface area contributed by atoms with Gasteiger partial charge in [-0.3, -0.25) is 0 Å². The number of para-hydroxylation sites is 4. The van der Waals surface area contributed by atoms with Crippen LogP contribution in [0.25, 0.3) is 77.6 Å². The van der Waals surface area contributed by atoms with Gasteiger partial charge in [0.1, 0.15) is 11.2 Å². The van der Waals surface area contributed by atoms with Crippen molar-refractivity contribution in [2.45, 2.75) is 0 Å². The minimum absolute atomic E-state index is 0.0438. The van der Waals surface area contributed by atoms with Crippen LogP contribution in [0.1, 0.15) is 0 Å². The molecule has 326 valence electrons. The fraction of sp³-hybridized carbons (Fsp3) is 0. The van der Waals surface area contributed by atoms with Crippen molar-refractivity contribution in [3.8, 4) is 55.6 Å². The van der Waals surface area contributed by atoms with Gasteiger partial charge in [-0.05, 0) is 133 Å². The van der Waals surface area contributed by atoms with Crippen LogP contribution in [0.4, 0.5) is 34.1 Å². The monoisotopic (exact) mass is 890 g/mol. The Morgan fingerprint density at radius 3 is 1.16 bits per heavy atom. The van der Waals surface area contributed by atoms with Gasteiger partial charge in [-0.2, -0.15) is 0 Å². The molecule has 0 aliphatic carbocycles. The summed E-state index contributed by atoms with van der Waals surface area (Å²) in [5.41, 5.74) is 23.8. The van der Waals surface area contributed by atoms with Crippen molar-refractivity contribution < 1.29 is 4.42 Å². The van der Waals surface area contributed by atoms with E-state index in [1.54, 1.807) is 0 Å². The minimum Gasteiger partial charge on any atom is -0.455 e. The normalized spacial score (nSPS) is 12.5. The van der Waals surface area contributed by atoms with Crippen molar-refractivity contribution in [2.75, 3.05) is 9.80 Å². The second-order valence-corrected chi connectivity index (χ2v) is 18.4. The number of rotatable bonds is 7. The van der Waals surface area contributed by atoms with Crippen LogP contribution in [0.3, 0.4) is 0 Å². The SMILES string of the molecule is c1ccc(-c2cc(-c3ccccc3)cc(N3c4ccccc4B4c5ccccc5N(c5cc(-c6ccccc6)cc(-c6ccccc6)c5)c5cc(-c6cccc7c6oc6ccccc67)cc3c54)c2)cc1. The van der Waals surface area contributed by atoms with E-state index in [1.807, 2.05) is 0 Å². The maximum absolute atomic E-state index is 6.86. The summed E-state index contributed by atoms with van der Waals surface area (Å²) in [5.74, 6) is 0. The average Bonchev–Trinajstić information content (AvgIpc) is 3.83. The lowest BCUT2D eigenvalue weighted by Gasteiger charge is -2.44. The molecule has 0 atom stereocenters. The lowest BCUT2D eigenvalue weighted by atomic mass is 9.33. The van der Waals surface area contributed by atoms with Gasteiger partial charge in [0.25, 0.3) is 6.71 Å². The molecule has 3 heterocycles. The molecule has 11 aromatic carbocycles. The molecule has 0 bridgehead atoms. The van der Waals surface area contributed by atoms with E-state index in [9.17, 15) is 0 Å². The van der Waals surface area contributed by atoms with E-state index in [0.717, 1.165) is 89.4 Å². The van der Waals surface area contributed by atoms with Gasteiger partial charge < -0.3 is 14.2 Å². The quantitative estimate of drug-likeness (QED) is 0.149. The van der Waals surface area contributed by atoms with Gasteiger partial charge >= 0.3 is 0 Å². The average molecular weight is 891 g/mol.